The van der Waals surface area contributed by atoms with Crippen LogP contribution in [0.4, 0.5) is 18.3 Å². The number of anilines is 1. The number of halogens is 3. The molecule has 4 rings (SSSR count). The van der Waals surface area contributed by atoms with Gasteiger partial charge in [-0.15, -0.1) is 11.3 Å². The molecule has 2 aromatic carbocycles. The van der Waals surface area contributed by atoms with Gasteiger partial charge in [-0.2, -0.15) is 13.2 Å². The second-order valence-electron chi connectivity index (χ2n) is 8.52. The summed E-state index contributed by atoms with van der Waals surface area (Å²) < 4.78 is 66.1. The molecule has 1 saturated heterocycles. The van der Waals surface area contributed by atoms with Crippen molar-refractivity contribution in [3.05, 3.63) is 75.8 Å². The van der Waals surface area contributed by atoms with Gasteiger partial charge in [0.15, 0.2) is 15.0 Å². The molecule has 0 atom stereocenters. The molecule has 33 heavy (non-hydrogen) atoms. The van der Waals surface area contributed by atoms with Crippen molar-refractivity contribution in [1.82, 2.24) is 4.98 Å². The lowest BCUT2D eigenvalue weighted by molar-refractivity contribution is -0.139. The lowest BCUT2D eigenvalue weighted by Crippen LogP contribution is -2.39. The highest BCUT2D eigenvalue weighted by Gasteiger charge is 2.40. The third-order valence-electron chi connectivity index (χ3n) is 5.86. The van der Waals surface area contributed by atoms with Crippen molar-refractivity contribution in [2.45, 2.75) is 49.4 Å². The van der Waals surface area contributed by atoms with Gasteiger partial charge in [0.1, 0.15) is 0 Å². The minimum Gasteiger partial charge on any atom is -0.348 e. The molecule has 2 heterocycles. The molecule has 9 heteroatoms. The molecule has 0 radical (unpaired) electrons. The number of hydrogen-bond donors (Lipinski definition) is 0. The van der Waals surface area contributed by atoms with Gasteiger partial charge in [-0.1, -0.05) is 41.5 Å². The number of hydrogen-bond acceptors (Lipinski definition) is 5. The zero-order valence-corrected chi connectivity index (χ0v) is 20.0. The summed E-state index contributed by atoms with van der Waals surface area (Å²) in [5.74, 6) is 0. The van der Waals surface area contributed by atoms with E-state index in [4.69, 9.17) is 4.98 Å². The second-order valence-corrected chi connectivity index (χ2v) is 11.6. The molecule has 176 valence electrons. The number of alkyl halides is 3. The molecule has 0 amide bonds. The Labute approximate surface area is 196 Å². The SMILES string of the molecule is Cc1cc(C)cc(Cc2csc(N3CCC(S(=O)(=O)c4ccccc4C(F)(F)F)CC3)n2)c1. The van der Waals surface area contributed by atoms with Crippen LogP contribution < -0.4 is 4.90 Å². The van der Waals surface area contributed by atoms with Gasteiger partial charge in [-0.3, -0.25) is 0 Å². The minimum absolute atomic E-state index is 0.264. The van der Waals surface area contributed by atoms with E-state index in [1.807, 2.05) is 10.3 Å². The molecule has 1 aromatic heterocycles. The maximum atomic E-state index is 13.4. The van der Waals surface area contributed by atoms with Gasteiger partial charge in [0.2, 0.25) is 0 Å². The molecule has 0 N–H and O–H groups in total. The topological polar surface area (TPSA) is 50.3 Å². The molecule has 0 saturated carbocycles. The zero-order valence-electron chi connectivity index (χ0n) is 18.4. The second kappa shape index (κ2) is 9.10. The molecule has 0 aliphatic carbocycles. The van der Waals surface area contributed by atoms with Crippen LogP contribution in [0.25, 0.3) is 0 Å². The summed E-state index contributed by atoms with van der Waals surface area (Å²) in [6, 6.07) is 10.8. The van der Waals surface area contributed by atoms with Crippen LogP contribution in [0.3, 0.4) is 0 Å². The van der Waals surface area contributed by atoms with Gasteiger partial charge >= 0.3 is 6.18 Å². The Hall–Kier alpha value is -2.39. The standard InChI is InChI=1S/C24H25F3N2O2S2/c1-16-11-17(2)13-18(12-16)14-19-15-32-23(28-19)29-9-7-20(8-10-29)33(30,31)22-6-4-3-5-21(22)24(25,26)27/h3-6,11-13,15,20H,7-10,14H2,1-2H3. The molecule has 0 bridgehead atoms. The smallest absolute Gasteiger partial charge is 0.348 e. The number of benzene rings is 2. The first-order valence-corrected chi connectivity index (χ1v) is 13.1. The van der Waals surface area contributed by atoms with Crippen LogP contribution in [-0.2, 0) is 22.4 Å². The van der Waals surface area contributed by atoms with E-state index in [2.05, 4.69) is 32.0 Å². The fourth-order valence-electron chi connectivity index (χ4n) is 4.39. The largest absolute Gasteiger partial charge is 0.417 e. The monoisotopic (exact) mass is 494 g/mol. The summed E-state index contributed by atoms with van der Waals surface area (Å²) in [6.07, 6.45) is -3.46. The zero-order chi connectivity index (χ0) is 23.8. The quantitative estimate of drug-likeness (QED) is 0.449. The first kappa shape index (κ1) is 23.8. The van der Waals surface area contributed by atoms with Crippen LogP contribution in [-0.4, -0.2) is 31.7 Å². The van der Waals surface area contributed by atoms with Crippen LogP contribution in [0.2, 0.25) is 0 Å². The van der Waals surface area contributed by atoms with Gasteiger partial charge < -0.3 is 4.90 Å². The van der Waals surface area contributed by atoms with Crippen LogP contribution >= 0.6 is 11.3 Å². The summed E-state index contributed by atoms with van der Waals surface area (Å²) in [7, 11) is -4.09. The Morgan fingerprint density at radius 3 is 2.33 bits per heavy atom. The van der Waals surface area contributed by atoms with Crippen molar-refractivity contribution < 1.29 is 21.6 Å². The Morgan fingerprint density at radius 2 is 1.70 bits per heavy atom. The van der Waals surface area contributed by atoms with Gasteiger partial charge in [0.05, 0.1) is 21.4 Å². The molecule has 1 fully saturated rings. The highest BCUT2D eigenvalue weighted by Crippen LogP contribution is 2.37. The predicted octanol–water partition coefficient (Wildman–Crippen LogP) is 5.81. The van der Waals surface area contributed by atoms with E-state index in [1.165, 1.54) is 40.2 Å². The first-order chi connectivity index (χ1) is 15.5. The lowest BCUT2D eigenvalue weighted by Gasteiger charge is -2.31. The van der Waals surface area contributed by atoms with Crippen molar-refractivity contribution in [2.24, 2.45) is 0 Å². The summed E-state index contributed by atoms with van der Waals surface area (Å²) in [4.78, 5) is 6.13. The lowest BCUT2D eigenvalue weighted by atomic mass is 10.0. The third-order valence-corrected chi connectivity index (χ3v) is 9.13. The normalized spacial score (nSPS) is 15.7. The van der Waals surface area contributed by atoms with Gasteiger partial charge in [0.25, 0.3) is 0 Å². The summed E-state index contributed by atoms with van der Waals surface area (Å²) in [5.41, 5.74) is 3.46. The van der Waals surface area contributed by atoms with E-state index in [0.717, 1.165) is 29.4 Å². The molecule has 1 aliphatic heterocycles. The summed E-state index contributed by atoms with van der Waals surface area (Å²) in [5, 5.41) is 1.99. The van der Waals surface area contributed by atoms with E-state index >= 15 is 0 Å². The average Bonchev–Trinajstić information content (AvgIpc) is 3.21. The number of rotatable bonds is 5. The minimum atomic E-state index is -4.71. The average molecular weight is 495 g/mol. The predicted molar refractivity (Wildman–Crippen MR) is 125 cm³/mol. The van der Waals surface area contributed by atoms with E-state index < -0.39 is 31.7 Å². The first-order valence-electron chi connectivity index (χ1n) is 10.7. The van der Waals surface area contributed by atoms with Crippen molar-refractivity contribution in [1.29, 1.82) is 0 Å². The van der Waals surface area contributed by atoms with Crippen LogP contribution in [0.1, 0.15) is 40.8 Å². The van der Waals surface area contributed by atoms with Crippen LogP contribution in [0.15, 0.2) is 52.7 Å². The summed E-state index contributed by atoms with van der Waals surface area (Å²) in [6.45, 7) is 5.01. The van der Waals surface area contributed by atoms with Gasteiger partial charge in [-0.05, 0) is 44.4 Å². The number of piperidine rings is 1. The van der Waals surface area contributed by atoms with Crippen molar-refractivity contribution >= 4 is 26.3 Å². The molecule has 4 nitrogen and oxygen atoms in total. The number of thiazole rings is 1. The molecule has 3 aromatic rings. The maximum Gasteiger partial charge on any atom is 0.417 e. The number of sulfone groups is 1. The van der Waals surface area contributed by atoms with E-state index in [-0.39, 0.29) is 12.8 Å². The molecule has 0 spiro atoms. The highest BCUT2D eigenvalue weighted by molar-refractivity contribution is 7.92. The number of aromatic nitrogens is 1. The van der Waals surface area contributed by atoms with Crippen LogP contribution in [0.5, 0.6) is 0 Å². The Bertz CT molecular complexity index is 1220. The van der Waals surface area contributed by atoms with Crippen molar-refractivity contribution in [3.63, 3.8) is 0 Å². The van der Waals surface area contributed by atoms with Gasteiger partial charge in [-0.25, -0.2) is 13.4 Å². The third kappa shape index (κ3) is 5.24. The molecule has 0 unspecified atom stereocenters. The fourth-order valence-corrected chi connectivity index (χ4v) is 7.22. The van der Waals surface area contributed by atoms with Crippen molar-refractivity contribution in [3.8, 4) is 0 Å². The summed E-state index contributed by atoms with van der Waals surface area (Å²) >= 11 is 1.51. The number of aryl methyl sites for hydroxylation is 2. The van der Waals surface area contributed by atoms with Crippen molar-refractivity contribution in [2.75, 3.05) is 18.0 Å². The van der Waals surface area contributed by atoms with E-state index in [0.29, 0.717) is 13.1 Å². The Kier molecular flexibility index (Phi) is 6.55. The number of nitrogens with zero attached hydrogens (tertiary/aromatic N) is 2. The maximum absolute atomic E-state index is 13.4. The fraction of sp³-hybridized carbons (Fsp3) is 0.375. The van der Waals surface area contributed by atoms with Gasteiger partial charge in [0, 0.05) is 24.9 Å². The van der Waals surface area contributed by atoms with Crippen LogP contribution in [0, 0.1) is 13.8 Å². The molecular weight excluding hydrogens is 469 g/mol. The Balaban J connectivity index is 1.45. The molecule has 1 aliphatic rings. The molecular formula is C24H25F3N2O2S2. The Morgan fingerprint density at radius 1 is 1.06 bits per heavy atom. The van der Waals surface area contributed by atoms with E-state index in [1.54, 1.807) is 0 Å². The highest BCUT2D eigenvalue weighted by atomic mass is 32.2. The van der Waals surface area contributed by atoms with E-state index in [9.17, 15) is 21.6 Å².